The number of amides is 1. The first-order valence-electron chi connectivity index (χ1n) is 7.30. The summed E-state index contributed by atoms with van der Waals surface area (Å²) >= 11 is 1.84. The van der Waals surface area contributed by atoms with E-state index in [0.29, 0.717) is 6.54 Å². The van der Waals surface area contributed by atoms with Crippen LogP contribution in [0.1, 0.15) is 33.7 Å². The standard InChI is InChI=1S/C18H19NOS/c1-3-14-10-15-16(13-8-6-5-7-9-13)11-19(18(20)4-2)12-17(15)21-14/h4-10,16H,2-3,11-12H2,1H3/t16-/m1/s1. The fourth-order valence-electron chi connectivity index (χ4n) is 2.92. The van der Waals surface area contributed by atoms with Crippen molar-refractivity contribution in [3.63, 3.8) is 0 Å². The molecule has 108 valence electrons. The van der Waals surface area contributed by atoms with E-state index in [0.717, 1.165) is 13.0 Å². The molecular weight excluding hydrogens is 278 g/mol. The largest absolute Gasteiger partial charge is 0.333 e. The summed E-state index contributed by atoms with van der Waals surface area (Å²) in [6.07, 6.45) is 2.47. The van der Waals surface area contributed by atoms with Crippen LogP contribution in [0.15, 0.2) is 49.1 Å². The fourth-order valence-corrected chi connectivity index (χ4v) is 4.10. The molecule has 1 aliphatic heterocycles. The van der Waals surface area contributed by atoms with Crippen LogP contribution in [0.3, 0.4) is 0 Å². The zero-order chi connectivity index (χ0) is 14.8. The summed E-state index contributed by atoms with van der Waals surface area (Å²) in [4.78, 5) is 16.7. The van der Waals surface area contributed by atoms with Gasteiger partial charge in [0, 0.05) is 22.2 Å². The van der Waals surface area contributed by atoms with Gasteiger partial charge in [-0.15, -0.1) is 11.3 Å². The van der Waals surface area contributed by atoms with E-state index in [-0.39, 0.29) is 11.8 Å². The summed E-state index contributed by atoms with van der Waals surface area (Å²) in [7, 11) is 0. The van der Waals surface area contributed by atoms with E-state index in [9.17, 15) is 4.79 Å². The maximum Gasteiger partial charge on any atom is 0.246 e. The molecule has 1 amide bonds. The van der Waals surface area contributed by atoms with Gasteiger partial charge in [0.2, 0.25) is 5.91 Å². The number of carbonyl (C=O) groups is 1. The molecule has 2 nitrogen and oxygen atoms in total. The molecule has 0 saturated carbocycles. The Hall–Kier alpha value is -1.87. The molecule has 0 aliphatic carbocycles. The Morgan fingerprint density at radius 2 is 2.19 bits per heavy atom. The molecule has 3 rings (SSSR count). The summed E-state index contributed by atoms with van der Waals surface area (Å²) in [6.45, 7) is 7.26. The van der Waals surface area contributed by atoms with Crippen LogP contribution in [0.5, 0.6) is 0 Å². The molecule has 2 heterocycles. The van der Waals surface area contributed by atoms with Crippen molar-refractivity contribution in [2.75, 3.05) is 6.54 Å². The van der Waals surface area contributed by atoms with E-state index in [2.05, 4.69) is 43.8 Å². The lowest BCUT2D eigenvalue weighted by Crippen LogP contribution is -2.36. The number of hydrogen-bond donors (Lipinski definition) is 0. The lowest BCUT2D eigenvalue weighted by molar-refractivity contribution is -0.127. The molecule has 3 heteroatoms. The Bertz CT molecular complexity index is 659. The average molecular weight is 297 g/mol. The van der Waals surface area contributed by atoms with E-state index in [1.165, 1.54) is 27.0 Å². The van der Waals surface area contributed by atoms with Crippen LogP contribution in [0, 0.1) is 0 Å². The Balaban J connectivity index is 2.03. The van der Waals surface area contributed by atoms with Crippen molar-refractivity contribution in [3.8, 4) is 0 Å². The smallest absolute Gasteiger partial charge is 0.246 e. The van der Waals surface area contributed by atoms with Crippen molar-refractivity contribution < 1.29 is 4.79 Å². The van der Waals surface area contributed by atoms with Crippen LogP contribution in [0.25, 0.3) is 0 Å². The van der Waals surface area contributed by atoms with E-state index < -0.39 is 0 Å². The topological polar surface area (TPSA) is 20.3 Å². The molecule has 0 unspecified atom stereocenters. The van der Waals surface area contributed by atoms with Crippen molar-refractivity contribution in [1.82, 2.24) is 4.90 Å². The summed E-state index contributed by atoms with van der Waals surface area (Å²) in [6, 6.07) is 12.8. The normalized spacial score (nSPS) is 17.4. The van der Waals surface area contributed by atoms with Gasteiger partial charge in [-0.1, -0.05) is 43.8 Å². The third-order valence-corrected chi connectivity index (χ3v) is 5.32. The number of rotatable bonds is 3. The number of aryl methyl sites for hydroxylation is 1. The predicted octanol–water partition coefficient (Wildman–Crippen LogP) is 3.97. The lowest BCUT2D eigenvalue weighted by atomic mass is 9.88. The molecular formula is C18H19NOS. The van der Waals surface area contributed by atoms with Crippen molar-refractivity contribution in [3.05, 3.63) is 69.9 Å². The van der Waals surface area contributed by atoms with Gasteiger partial charge in [-0.25, -0.2) is 0 Å². The highest BCUT2D eigenvalue weighted by atomic mass is 32.1. The molecule has 1 aromatic heterocycles. The molecule has 2 aromatic rings. The van der Waals surface area contributed by atoms with Gasteiger partial charge in [-0.3, -0.25) is 4.79 Å². The fraction of sp³-hybridized carbons (Fsp3) is 0.278. The second-order valence-corrected chi connectivity index (χ2v) is 6.55. The molecule has 0 bridgehead atoms. The number of benzene rings is 1. The van der Waals surface area contributed by atoms with Gasteiger partial charge in [0.05, 0.1) is 6.54 Å². The first kappa shape index (κ1) is 14.1. The van der Waals surface area contributed by atoms with Crippen molar-refractivity contribution >= 4 is 17.2 Å². The second-order valence-electron chi connectivity index (χ2n) is 5.33. The quantitative estimate of drug-likeness (QED) is 0.785. The highest BCUT2D eigenvalue weighted by molar-refractivity contribution is 7.12. The van der Waals surface area contributed by atoms with E-state index in [1.807, 2.05) is 22.3 Å². The zero-order valence-electron chi connectivity index (χ0n) is 12.2. The minimum absolute atomic E-state index is 0.0213. The van der Waals surface area contributed by atoms with Crippen molar-refractivity contribution in [1.29, 1.82) is 0 Å². The Kier molecular flexibility index (Phi) is 3.93. The van der Waals surface area contributed by atoms with E-state index >= 15 is 0 Å². The number of thiophene rings is 1. The van der Waals surface area contributed by atoms with Gasteiger partial charge in [0.1, 0.15) is 0 Å². The first-order chi connectivity index (χ1) is 10.2. The molecule has 0 saturated heterocycles. The number of fused-ring (bicyclic) bond motifs is 1. The van der Waals surface area contributed by atoms with Crippen LogP contribution in [-0.2, 0) is 17.8 Å². The molecule has 0 radical (unpaired) electrons. The summed E-state index contributed by atoms with van der Waals surface area (Å²) in [5.41, 5.74) is 2.68. The highest BCUT2D eigenvalue weighted by Crippen LogP contribution is 2.38. The average Bonchev–Trinajstić information content (AvgIpc) is 2.97. The summed E-state index contributed by atoms with van der Waals surface area (Å²) < 4.78 is 0. The third-order valence-electron chi connectivity index (χ3n) is 4.04. The molecule has 0 N–H and O–H groups in total. The molecule has 0 spiro atoms. The van der Waals surface area contributed by atoms with Gasteiger partial charge >= 0.3 is 0 Å². The van der Waals surface area contributed by atoms with Gasteiger partial charge in [0.25, 0.3) is 0 Å². The Morgan fingerprint density at radius 3 is 2.86 bits per heavy atom. The third kappa shape index (κ3) is 2.66. The molecule has 1 atom stereocenters. The minimum Gasteiger partial charge on any atom is -0.333 e. The molecule has 1 aromatic carbocycles. The van der Waals surface area contributed by atoms with Crippen LogP contribution in [0.2, 0.25) is 0 Å². The van der Waals surface area contributed by atoms with E-state index in [4.69, 9.17) is 0 Å². The van der Waals surface area contributed by atoms with Gasteiger partial charge in [0.15, 0.2) is 0 Å². The summed E-state index contributed by atoms with van der Waals surface area (Å²) in [5, 5.41) is 0. The van der Waals surface area contributed by atoms with Crippen LogP contribution in [0.4, 0.5) is 0 Å². The van der Waals surface area contributed by atoms with Crippen LogP contribution >= 0.6 is 11.3 Å². The predicted molar refractivity (Wildman–Crippen MR) is 87.6 cm³/mol. The SMILES string of the molecule is C=CC(=O)N1Cc2sc(CC)cc2[C@@H](c2ccccc2)C1. The number of hydrogen-bond acceptors (Lipinski definition) is 2. The van der Waals surface area contributed by atoms with Gasteiger partial charge in [-0.05, 0) is 29.7 Å². The number of nitrogens with zero attached hydrogens (tertiary/aromatic N) is 1. The van der Waals surface area contributed by atoms with E-state index in [1.54, 1.807) is 0 Å². The lowest BCUT2D eigenvalue weighted by Gasteiger charge is -2.32. The molecule has 0 fully saturated rings. The van der Waals surface area contributed by atoms with Crippen LogP contribution in [-0.4, -0.2) is 17.4 Å². The maximum atomic E-state index is 12.0. The van der Waals surface area contributed by atoms with Gasteiger partial charge < -0.3 is 4.90 Å². The van der Waals surface area contributed by atoms with Crippen molar-refractivity contribution in [2.45, 2.75) is 25.8 Å². The number of carbonyl (C=O) groups excluding carboxylic acids is 1. The van der Waals surface area contributed by atoms with Gasteiger partial charge in [-0.2, -0.15) is 0 Å². The minimum atomic E-state index is 0.0213. The Labute approximate surface area is 129 Å². The first-order valence-corrected chi connectivity index (χ1v) is 8.12. The van der Waals surface area contributed by atoms with Crippen LogP contribution < -0.4 is 0 Å². The maximum absolute atomic E-state index is 12.0. The second kappa shape index (κ2) is 5.86. The molecule has 21 heavy (non-hydrogen) atoms. The molecule has 1 aliphatic rings. The Morgan fingerprint density at radius 1 is 1.43 bits per heavy atom. The highest BCUT2D eigenvalue weighted by Gasteiger charge is 2.30. The zero-order valence-corrected chi connectivity index (χ0v) is 13.0. The van der Waals surface area contributed by atoms with Crippen molar-refractivity contribution in [2.24, 2.45) is 0 Å². The monoisotopic (exact) mass is 297 g/mol. The summed E-state index contributed by atoms with van der Waals surface area (Å²) in [5.74, 6) is 0.295.